The van der Waals surface area contributed by atoms with Gasteiger partial charge in [-0.1, -0.05) is 13.8 Å². The molecule has 0 aliphatic carbocycles. The summed E-state index contributed by atoms with van der Waals surface area (Å²) in [5.74, 6) is 0.682. The number of hydrogen-bond donors (Lipinski definition) is 0. The zero-order chi connectivity index (χ0) is 11.0. The minimum absolute atomic E-state index is 0.558. The third-order valence-corrected chi connectivity index (χ3v) is 3.23. The highest BCUT2D eigenvalue weighted by Crippen LogP contribution is 2.34. The van der Waals surface area contributed by atoms with Crippen LogP contribution in [-0.4, -0.2) is 17.1 Å². The van der Waals surface area contributed by atoms with Crippen LogP contribution in [0.1, 0.15) is 33.4 Å². The molecule has 0 N–H and O–H groups in total. The van der Waals surface area contributed by atoms with Crippen LogP contribution in [0.15, 0.2) is 18.3 Å². The molecule has 0 spiro atoms. The monoisotopic (exact) mass is 204 g/mol. The fourth-order valence-corrected chi connectivity index (χ4v) is 2.51. The molecule has 2 rings (SSSR count). The minimum Gasteiger partial charge on any atom is -0.364 e. The maximum Gasteiger partial charge on any atom is 0.0657 e. The fraction of sp³-hybridized carbons (Fsp3) is 0.615. The van der Waals surface area contributed by atoms with Crippen LogP contribution in [0, 0.1) is 5.92 Å². The highest BCUT2D eigenvalue weighted by Gasteiger charge is 2.33. The second kappa shape index (κ2) is 3.84. The van der Waals surface area contributed by atoms with E-state index in [1.54, 1.807) is 0 Å². The summed E-state index contributed by atoms with van der Waals surface area (Å²) < 4.78 is 0. The van der Waals surface area contributed by atoms with Gasteiger partial charge in [0, 0.05) is 24.7 Å². The zero-order valence-electron chi connectivity index (χ0n) is 10.1. The molecule has 15 heavy (non-hydrogen) atoms. The van der Waals surface area contributed by atoms with Crippen molar-refractivity contribution in [2.45, 2.75) is 46.2 Å². The van der Waals surface area contributed by atoms with Crippen molar-refractivity contribution in [3.8, 4) is 0 Å². The van der Waals surface area contributed by atoms with E-state index in [1.165, 1.54) is 11.4 Å². The van der Waals surface area contributed by atoms with Crippen molar-refractivity contribution >= 4 is 5.69 Å². The Balaban J connectivity index is 2.38. The van der Waals surface area contributed by atoms with E-state index < -0.39 is 0 Å². The molecule has 0 saturated carbocycles. The number of nitrogens with zero attached hydrogens (tertiary/aromatic N) is 2. The van der Waals surface area contributed by atoms with Crippen LogP contribution in [0.2, 0.25) is 0 Å². The number of rotatable bonds is 2. The number of anilines is 1. The lowest BCUT2D eigenvalue weighted by Gasteiger charge is -2.33. The van der Waals surface area contributed by atoms with E-state index in [9.17, 15) is 0 Å². The highest BCUT2D eigenvalue weighted by molar-refractivity contribution is 5.57. The van der Waals surface area contributed by atoms with Crippen LogP contribution < -0.4 is 4.90 Å². The average molecular weight is 204 g/mol. The van der Waals surface area contributed by atoms with Crippen LogP contribution >= 0.6 is 0 Å². The van der Waals surface area contributed by atoms with Gasteiger partial charge in [0.25, 0.3) is 0 Å². The molecule has 1 aromatic rings. The first-order valence-corrected chi connectivity index (χ1v) is 5.83. The topological polar surface area (TPSA) is 16.1 Å². The smallest absolute Gasteiger partial charge is 0.0657 e. The van der Waals surface area contributed by atoms with Crippen LogP contribution in [0.25, 0.3) is 0 Å². The lowest BCUT2D eigenvalue weighted by molar-refractivity contribution is 0.447. The van der Waals surface area contributed by atoms with Gasteiger partial charge in [-0.25, -0.2) is 0 Å². The van der Waals surface area contributed by atoms with Crippen molar-refractivity contribution in [1.82, 2.24) is 4.98 Å². The largest absolute Gasteiger partial charge is 0.364 e. The molecule has 0 aromatic carbocycles. The van der Waals surface area contributed by atoms with Crippen LogP contribution in [0.4, 0.5) is 5.69 Å². The van der Waals surface area contributed by atoms with Gasteiger partial charge in [0.1, 0.15) is 0 Å². The van der Waals surface area contributed by atoms with Crippen LogP contribution in [0.3, 0.4) is 0 Å². The Bertz CT molecular complexity index is 344. The predicted octanol–water partition coefficient (Wildman–Crippen LogP) is 2.88. The van der Waals surface area contributed by atoms with Gasteiger partial charge in [0.2, 0.25) is 0 Å². The van der Waals surface area contributed by atoms with Crippen LogP contribution in [0.5, 0.6) is 0 Å². The molecular weight excluding hydrogens is 184 g/mol. The van der Waals surface area contributed by atoms with Crippen molar-refractivity contribution in [1.29, 1.82) is 0 Å². The first-order chi connectivity index (χ1) is 7.11. The lowest BCUT2D eigenvalue weighted by atomic mass is 10.0. The molecule has 1 atom stereocenters. The second-order valence-electron chi connectivity index (χ2n) is 4.99. The van der Waals surface area contributed by atoms with Crippen molar-refractivity contribution in [2.24, 2.45) is 5.92 Å². The summed E-state index contributed by atoms with van der Waals surface area (Å²) in [5.41, 5.74) is 2.61. The van der Waals surface area contributed by atoms with Crippen molar-refractivity contribution in [2.75, 3.05) is 4.90 Å². The molecule has 1 unspecified atom stereocenters. The molecule has 2 heteroatoms. The second-order valence-corrected chi connectivity index (χ2v) is 4.99. The summed E-state index contributed by atoms with van der Waals surface area (Å²) in [6, 6.07) is 5.42. The Morgan fingerprint density at radius 3 is 2.67 bits per heavy atom. The molecule has 0 fully saturated rings. The summed E-state index contributed by atoms with van der Waals surface area (Å²) >= 11 is 0. The Morgan fingerprint density at radius 1 is 1.33 bits per heavy atom. The normalized spacial score (nSPS) is 20.1. The average Bonchev–Trinajstić information content (AvgIpc) is 2.56. The summed E-state index contributed by atoms with van der Waals surface area (Å²) in [7, 11) is 0. The predicted molar refractivity (Wildman–Crippen MR) is 64.2 cm³/mol. The molecule has 0 amide bonds. The number of hydrogen-bond acceptors (Lipinski definition) is 2. The van der Waals surface area contributed by atoms with Gasteiger partial charge in [0.15, 0.2) is 0 Å². The Hall–Kier alpha value is -1.05. The van der Waals surface area contributed by atoms with Crippen LogP contribution in [-0.2, 0) is 6.42 Å². The fourth-order valence-electron chi connectivity index (χ4n) is 2.51. The Kier molecular flexibility index (Phi) is 2.68. The molecule has 1 aliphatic heterocycles. The van der Waals surface area contributed by atoms with Gasteiger partial charge < -0.3 is 4.90 Å². The maximum absolute atomic E-state index is 4.48. The summed E-state index contributed by atoms with van der Waals surface area (Å²) in [6.45, 7) is 9.12. The van der Waals surface area contributed by atoms with Gasteiger partial charge in [-0.3, -0.25) is 4.98 Å². The molecule has 0 bridgehead atoms. The van der Waals surface area contributed by atoms with E-state index in [0.717, 1.165) is 6.42 Å². The van der Waals surface area contributed by atoms with Crippen molar-refractivity contribution < 1.29 is 0 Å². The van der Waals surface area contributed by atoms with Gasteiger partial charge >= 0.3 is 0 Å². The number of pyridine rings is 1. The standard InChI is InChI=1S/C13H20N2/c1-9(2)13-8-11-12(6-5-7-14-11)15(13)10(3)4/h5-7,9-10,13H,8H2,1-4H3. The van der Waals surface area contributed by atoms with Crippen molar-refractivity contribution in [3.05, 3.63) is 24.0 Å². The number of aromatic nitrogens is 1. The molecule has 82 valence electrons. The quantitative estimate of drug-likeness (QED) is 0.736. The lowest BCUT2D eigenvalue weighted by Crippen LogP contribution is -2.40. The third kappa shape index (κ3) is 1.73. The summed E-state index contributed by atoms with van der Waals surface area (Å²) in [6.07, 6.45) is 3.01. The molecule has 2 nitrogen and oxygen atoms in total. The molecule has 1 aliphatic rings. The first-order valence-electron chi connectivity index (χ1n) is 5.83. The highest BCUT2D eigenvalue weighted by atomic mass is 15.2. The summed E-state index contributed by atoms with van der Waals surface area (Å²) in [5, 5.41) is 0. The maximum atomic E-state index is 4.48. The van der Waals surface area contributed by atoms with E-state index in [2.05, 4.69) is 43.6 Å². The molecule has 0 radical (unpaired) electrons. The minimum atomic E-state index is 0.558. The summed E-state index contributed by atoms with van der Waals surface area (Å²) in [4.78, 5) is 7.00. The Morgan fingerprint density at radius 2 is 2.07 bits per heavy atom. The van der Waals surface area contributed by atoms with Gasteiger partial charge in [-0.2, -0.15) is 0 Å². The van der Waals surface area contributed by atoms with E-state index in [1.807, 2.05) is 12.3 Å². The molecule has 0 saturated heterocycles. The zero-order valence-corrected chi connectivity index (χ0v) is 10.1. The van der Waals surface area contributed by atoms with E-state index in [4.69, 9.17) is 0 Å². The van der Waals surface area contributed by atoms with Gasteiger partial charge in [-0.05, 0) is 31.9 Å². The number of fused-ring (bicyclic) bond motifs is 1. The van der Waals surface area contributed by atoms with Gasteiger partial charge in [0.05, 0.1) is 11.4 Å². The van der Waals surface area contributed by atoms with E-state index >= 15 is 0 Å². The molecule has 1 aromatic heterocycles. The molecular formula is C13H20N2. The Labute approximate surface area is 92.3 Å². The van der Waals surface area contributed by atoms with Gasteiger partial charge in [-0.15, -0.1) is 0 Å². The van der Waals surface area contributed by atoms with Crippen molar-refractivity contribution in [3.63, 3.8) is 0 Å². The first kappa shape index (κ1) is 10.5. The molecule has 2 heterocycles. The van der Waals surface area contributed by atoms with E-state index in [0.29, 0.717) is 18.0 Å². The SMILES string of the molecule is CC(C)C1Cc2ncccc2N1C(C)C. The third-order valence-electron chi connectivity index (χ3n) is 3.23. The van der Waals surface area contributed by atoms with E-state index in [-0.39, 0.29) is 0 Å².